The zero-order valence-electron chi connectivity index (χ0n) is 32.8. The first-order valence-electron chi connectivity index (χ1n) is 18.7. The zero-order chi connectivity index (χ0) is 40.7. The van der Waals surface area contributed by atoms with E-state index in [-0.39, 0.29) is 31.4 Å². The highest BCUT2D eigenvalue weighted by atomic mass is 35.5. The predicted molar refractivity (Wildman–Crippen MR) is 219 cm³/mol. The molecule has 13 heteroatoms. The zero-order valence-corrected chi connectivity index (χ0v) is 34.3. The minimum atomic E-state index is -1.08. The molecule has 11 nitrogen and oxygen atoms in total. The third-order valence-electron chi connectivity index (χ3n) is 8.94. The summed E-state index contributed by atoms with van der Waals surface area (Å²) in [6.07, 6.45) is 5.27. The number of nitrogens with zero attached hydrogens (tertiary/aromatic N) is 1. The van der Waals surface area contributed by atoms with E-state index in [9.17, 15) is 19.8 Å². The van der Waals surface area contributed by atoms with Crippen molar-refractivity contribution in [1.29, 1.82) is 0 Å². The van der Waals surface area contributed by atoms with Crippen molar-refractivity contribution >= 4 is 35.3 Å². The molecule has 0 aliphatic rings. The summed E-state index contributed by atoms with van der Waals surface area (Å²) in [5, 5.41) is 26.1. The summed E-state index contributed by atoms with van der Waals surface area (Å²) in [6, 6.07) is 16.9. The lowest BCUT2D eigenvalue weighted by molar-refractivity contribution is 0.0526. The second-order valence-electron chi connectivity index (χ2n) is 14.4. The van der Waals surface area contributed by atoms with E-state index in [1.165, 1.54) is 12.3 Å². The lowest BCUT2D eigenvalue weighted by atomic mass is 9.93. The molecule has 0 saturated carbocycles. The largest absolute Gasteiger partial charge is 0.493 e. The molecular formula is C43H53Cl2N3O8. The van der Waals surface area contributed by atoms with Crippen LogP contribution in [0, 0.1) is 13.8 Å². The predicted octanol–water partition coefficient (Wildman–Crippen LogP) is 9.03. The Kier molecular flexibility index (Phi) is 17.1. The van der Waals surface area contributed by atoms with Gasteiger partial charge in [-0.1, -0.05) is 48.4 Å². The number of aromatic nitrogens is 1. The fraction of sp³-hybridized carbons (Fsp3) is 0.419. The van der Waals surface area contributed by atoms with Gasteiger partial charge in [-0.05, 0) is 99.9 Å². The number of aliphatic hydroxyl groups excluding tert-OH is 1. The smallest absolute Gasteiger partial charge is 0.407 e. The molecule has 4 rings (SSSR count). The van der Waals surface area contributed by atoms with E-state index in [0.717, 1.165) is 52.0 Å². The van der Waals surface area contributed by atoms with Crippen molar-refractivity contribution < 1.29 is 38.7 Å². The van der Waals surface area contributed by atoms with Gasteiger partial charge in [0.25, 0.3) is 0 Å². The molecule has 4 N–H and O–H groups in total. The molecule has 3 aromatic carbocycles. The maximum atomic E-state index is 11.9. The van der Waals surface area contributed by atoms with Crippen LogP contribution in [0.3, 0.4) is 0 Å². The second-order valence-corrected chi connectivity index (χ2v) is 15.2. The number of nitrogens with one attached hydrogen (secondary N) is 2. The molecule has 0 radical (unpaired) electrons. The number of alkyl carbamates (subject to hydrolysis) is 1. The van der Waals surface area contributed by atoms with Crippen molar-refractivity contribution in [3.8, 4) is 28.4 Å². The first-order chi connectivity index (χ1) is 26.8. The van der Waals surface area contributed by atoms with Crippen LogP contribution in [0.4, 0.5) is 4.79 Å². The molecule has 1 heterocycles. The Morgan fingerprint density at radius 1 is 0.857 bits per heavy atom. The SMILES string of the molecule is Cc1c(COc2cc(OCc3cncc(C(=O)O)c3)c(CNC(CO)CCCCNC(=O)OC(C)(C)C)cc2Cl)cccc1-c1cccc(OCCCCl)c1C. The molecule has 4 aromatic rings. The lowest BCUT2D eigenvalue weighted by Crippen LogP contribution is -2.34. The number of rotatable bonds is 21. The fourth-order valence-corrected chi connectivity index (χ4v) is 6.27. The quantitative estimate of drug-likeness (QED) is 0.0475. The molecule has 1 unspecified atom stereocenters. The normalized spacial score (nSPS) is 11.9. The first kappa shape index (κ1) is 44.2. The summed E-state index contributed by atoms with van der Waals surface area (Å²) in [7, 11) is 0. The van der Waals surface area contributed by atoms with Crippen LogP contribution in [0.25, 0.3) is 11.1 Å². The van der Waals surface area contributed by atoms with E-state index in [4.69, 9.17) is 42.1 Å². The van der Waals surface area contributed by atoms with E-state index in [2.05, 4.69) is 41.6 Å². The van der Waals surface area contributed by atoms with Crippen LogP contribution < -0.4 is 24.8 Å². The highest BCUT2D eigenvalue weighted by Crippen LogP contribution is 2.36. The molecule has 0 saturated heterocycles. The maximum Gasteiger partial charge on any atom is 0.407 e. The number of halogens is 2. The maximum absolute atomic E-state index is 11.9. The van der Waals surface area contributed by atoms with Crippen molar-refractivity contribution in [3.63, 3.8) is 0 Å². The average molecular weight is 811 g/mol. The highest BCUT2D eigenvalue weighted by Gasteiger charge is 2.18. The number of pyridine rings is 1. The van der Waals surface area contributed by atoms with Gasteiger partial charge in [0.15, 0.2) is 0 Å². The number of carboxylic acid groups (broad SMARTS) is 1. The Hall–Kier alpha value is -4.55. The average Bonchev–Trinajstić information content (AvgIpc) is 3.15. The molecule has 0 fully saturated rings. The van der Waals surface area contributed by atoms with E-state index >= 15 is 0 Å². The van der Waals surface area contributed by atoms with Gasteiger partial charge < -0.3 is 39.8 Å². The summed E-state index contributed by atoms with van der Waals surface area (Å²) in [6.45, 7) is 11.1. The minimum Gasteiger partial charge on any atom is -0.493 e. The number of hydrogen-bond donors (Lipinski definition) is 4. The summed E-state index contributed by atoms with van der Waals surface area (Å²) < 4.78 is 23.9. The lowest BCUT2D eigenvalue weighted by Gasteiger charge is -2.20. The Balaban J connectivity index is 1.49. The van der Waals surface area contributed by atoms with Crippen LogP contribution in [0.15, 0.2) is 67.0 Å². The third-order valence-corrected chi connectivity index (χ3v) is 9.50. The minimum absolute atomic E-state index is 0.0471. The van der Waals surface area contributed by atoms with Crippen molar-refractivity contribution in [2.75, 3.05) is 25.6 Å². The Bertz CT molecular complexity index is 1920. The number of aliphatic hydroxyl groups is 1. The van der Waals surface area contributed by atoms with Crippen LogP contribution >= 0.6 is 23.2 Å². The van der Waals surface area contributed by atoms with Gasteiger partial charge in [0.05, 0.1) is 23.8 Å². The number of carboxylic acids is 1. The monoisotopic (exact) mass is 809 g/mol. The van der Waals surface area contributed by atoms with E-state index in [1.807, 2.05) is 45.0 Å². The number of alkyl halides is 1. The van der Waals surface area contributed by atoms with Crippen LogP contribution in [0.2, 0.25) is 5.02 Å². The molecule has 0 aliphatic carbocycles. The molecule has 1 amide bonds. The van der Waals surface area contributed by atoms with E-state index < -0.39 is 17.7 Å². The topological polar surface area (TPSA) is 148 Å². The summed E-state index contributed by atoms with van der Waals surface area (Å²) in [5.41, 5.74) is 5.99. The molecule has 1 aromatic heterocycles. The van der Waals surface area contributed by atoms with Gasteiger partial charge in [0.2, 0.25) is 0 Å². The molecule has 1 atom stereocenters. The van der Waals surface area contributed by atoms with Gasteiger partial charge in [-0.15, -0.1) is 11.6 Å². The number of aromatic carboxylic acids is 1. The van der Waals surface area contributed by atoms with Crippen LogP contribution in [-0.4, -0.2) is 64.5 Å². The molecule has 0 spiro atoms. The van der Waals surface area contributed by atoms with Gasteiger partial charge in [0, 0.05) is 54.6 Å². The van der Waals surface area contributed by atoms with Crippen LogP contribution in [0.1, 0.15) is 84.6 Å². The van der Waals surface area contributed by atoms with Gasteiger partial charge in [-0.2, -0.15) is 0 Å². The van der Waals surface area contributed by atoms with Gasteiger partial charge >= 0.3 is 12.1 Å². The number of benzene rings is 3. The van der Waals surface area contributed by atoms with Crippen molar-refractivity contribution in [2.24, 2.45) is 0 Å². The molecule has 302 valence electrons. The second kappa shape index (κ2) is 21.7. The van der Waals surface area contributed by atoms with Crippen LogP contribution in [0.5, 0.6) is 17.2 Å². The number of carbonyl (C=O) groups excluding carboxylic acids is 1. The molecule has 0 bridgehead atoms. The van der Waals surface area contributed by atoms with Crippen molar-refractivity contribution in [2.45, 2.75) is 91.7 Å². The standard InChI is InChI=1S/C43H53Cl2N3O8/c1-28-31(11-8-13-35(28)36-14-9-15-38(29(36)2)53-18-10-16-44)27-55-40-21-39(54-26-30-19-33(41(50)51)23-46-22-30)32(20-37(40)45)24-48-34(25-49)12-6-7-17-47-42(52)56-43(3,4)5/h8-9,11,13-15,19-23,34,48-49H,6-7,10,12,16-18,24-27H2,1-5H3,(H,47,52)(H,50,51). The molecule has 0 aliphatic heterocycles. The van der Waals surface area contributed by atoms with E-state index in [0.29, 0.717) is 60.5 Å². The molecule has 56 heavy (non-hydrogen) atoms. The summed E-state index contributed by atoms with van der Waals surface area (Å²) >= 11 is 12.7. The summed E-state index contributed by atoms with van der Waals surface area (Å²) in [4.78, 5) is 27.5. The Morgan fingerprint density at radius 3 is 2.30 bits per heavy atom. The molecular weight excluding hydrogens is 757 g/mol. The van der Waals surface area contributed by atoms with Crippen molar-refractivity contribution in [1.82, 2.24) is 15.6 Å². The Labute approximate surface area is 339 Å². The van der Waals surface area contributed by atoms with E-state index in [1.54, 1.807) is 18.3 Å². The van der Waals surface area contributed by atoms with Crippen molar-refractivity contribution in [3.05, 3.63) is 105 Å². The van der Waals surface area contributed by atoms with Gasteiger partial charge in [-0.3, -0.25) is 4.98 Å². The Morgan fingerprint density at radius 2 is 1.59 bits per heavy atom. The summed E-state index contributed by atoms with van der Waals surface area (Å²) in [5.74, 6) is 1.17. The van der Waals surface area contributed by atoms with Gasteiger partial charge in [0.1, 0.15) is 36.1 Å². The fourth-order valence-electron chi connectivity index (χ4n) is 5.92. The van der Waals surface area contributed by atoms with Crippen LogP contribution in [-0.2, 0) is 24.5 Å². The highest BCUT2D eigenvalue weighted by molar-refractivity contribution is 6.32. The number of amides is 1. The van der Waals surface area contributed by atoms with Gasteiger partial charge in [-0.25, -0.2) is 9.59 Å². The number of unbranched alkanes of at least 4 members (excludes halogenated alkanes) is 1. The first-order valence-corrected chi connectivity index (χ1v) is 19.6. The number of ether oxygens (including phenoxy) is 4. The number of carbonyl (C=O) groups is 2. The third kappa shape index (κ3) is 13.6. The number of hydrogen-bond acceptors (Lipinski definition) is 9.